The molecule has 1 N–H and O–H groups in total. The third kappa shape index (κ3) is 5.14. The summed E-state index contributed by atoms with van der Waals surface area (Å²) >= 11 is 1.69. The Morgan fingerprint density at radius 1 is 1.13 bits per heavy atom. The van der Waals surface area contributed by atoms with Crippen molar-refractivity contribution in [1.29, 1.82) is 0 Å². The number of piperidine rings is 1. The standard InChI is InChI=1S/C23H30N2O4S/c1-22(2,3)29-21(27)25-13-11-23(12-14-25,19-10-7-15-30-19)16-24-20(26)17-8-5-6-9-18(17)28-4/h5-10,15H,11-14,16H2,1-4H3,(H,24,26). The predicted molar refractivity (Wildman–Crippen MR) is 118 cm³/mol. The fraction of sp³-hybridized carbons (Fsp3) is 0.478. The molecule has 0 radical (unpaired) electrons. The Hall–Kier alpha value is -2.54. The highest BCUT2D eigenvalue weighted by Gasteiger charge is 2.39. The summed E-state index contributed by atoms with van der Waals surface area (Å²) in [4.78, 5) is 28.3. The second-order valence-corrected chi connectivity index (χ2v) is 9.56. The summed E-state index contributed by atoms with van der Waals surface area (Å²) in [6.45, 7) is 7.32. The number of thiophene rings is 1. The first kappa shape index (κ1) is 22.2. The maximum absolute atomic E-state index is 12.8. The van der Waals surface area contributed by atoms with Crippen molar-refractivity contribution >= 4 is 23.3 Å². The number of carbonyl (C=O) groups excluding carboxylic acids is 2. The Morgan fingerprint density at radius 3 is 2.43 bits per heavy atom. The summed E-state index contributed by atoms with van der Waals surface area (Å²) < 4.78 is 10.8. The van der Waals surface area contributed by atoms with E-state index < -0.39 is 5.60 Å². The van der Waals surface area contributed by atoms with E-state index in [9.17, 15) is 9.59 Å². The minimum atomic E-state index is -0.512. The molecule has 1 aromatic heterocycles. The number of para-hydroxylation sites is 1. The van der Waals surface area contributed by atoms with Crippen LogP contribution in [0.4, 0.5) is 4.79 Å². The van der Waals surface area contributed by atoms with E-state index in [1.54, 1.807) is 35.5 Å². The Morgan fingerprint density at radius 2 is 1.83 bits per heavy atom. The number of methoxy groups -OCH3 is 1. The number of ether oxygens (including phenoxy) is 2. The van der Waals surface area contributed by atoms with Gasteiger partial charge in [0.15, 0.2) is 0 Å². The van der Waals surface area contributed by atoms with Crippen LogP contribution in [0.5, 0.6) is 5.75 Å². The highest BCUT2D eigenvalue weighted by molar-refractivity contribution is 7.10. The van der Waals surface area contributed by atoms with E-state index in [1.165, 1.54) is 4.88 Å². The first-order chi connectivity index (χ1) is 14.2. The van der Waals surface area contributed by atoms with Crippen LogP contribution in [0.25, 0.3) is 0 Å². The molecule has 2 aromatic rings. The molecule has 162 valence electrons. The molecule has 2 heterocycles. The summed E-state index contributed by atoms with van der Waals surface area (Å²) in [6, 6.07) is 11.4. The molecule has 3 rings (SSSR count). The molecule has 1 aliphatic heterocycles. The number of nitrogens with zero attached hydrogens (tertiary/aromatic N) is 1. The van der Waals surface area contributed by atoms with Crippen LogP contribution in [0.2, 0.25) is 0 Å². The molecule has 0 bridgehead atoms. The molecule has 7 heteroatoms. The molecule has 30 heavy (non-hydrogen) atoms. The lowest BCUT2D eigenvalue weighted by Crippen LogP contribution is -2.50. The van der Waals surface area contributed by atoms with Gasteiger partial charge in [0.05, 0.1) is 12.7 Å². The largest absolute Gasteiger partial charge is 0.496 e. The number of nitrogens with one attached hydrogen (secondary N) is 1. The van der Waals surface area contributed by atoms with Gasteiger partial charge in [0.2, 0.25) is 0 Å². The van der Waals surface area contributed by atoms with E-state index >= 15 is 0 Å². The van der Waals surface area contributed by atoms with Gasteiger partial charge in [-0.2, -0.15) is 0 Å². The van der Waals surface area contributed by atoms with E-state index in [-0.39, 0.29) is 17.4 Å². The van der Waals surface area contributed by atoms with Crippen molar-refractivity contribution in [3.8, 4) is 5.75 Å². The molecule has 0 aliphatic carbocycles. The van der Waals surface area contributed by atoms with Gasteiger partial charge >= 0.3 is 6.09 Å². The third-order valence-electron chi connectivity index (χ3n) is 5.36. The van der Waals surface area contributed by atoms with Crippen molar-refractivity contribution in [2.45, 2.75) is 44.6 Å². The minimum Gasteiger partial charge on any atom is -0.496 e. The molecule has 1 saturated heterocycles. The first-order valence-corrected chi connectivity index (χ1v) is 11.1. The highest BCUT2D eigenvalue weighted by Crippen LogP contribution is 2.38. The number of benzene rings is 1. The fourth-order valence-electron chi connectivity index (χ4n) is 3.71. The number of amides is 2. The summed E-state index contributed by atoms with van der Waals surface area (Å²) in [5.74, 6) is 0.401. The Bertz CT molecular complexity index is 866. The van der Waals surface area contributed by atoms with Crippen LogP contribution in [0, 0.1) is 0 Å². The third-order valence-corrected chi connectivity index (χ3v) is 6.47. The number of hydrogen-bond donors (Lipinski definition) is 1. The molecule has 0 saturated carbocycles. The average molecular weight is 431 g/mol. The topological polar surface area (TPSA) is 67.9 Å². The van der Waals surface area contributed by atoms with E-state index in [2.05, 4.69) is 16.8 Å². The number of rotatable bonds is 5. The minimum absolute atomic E-state index is 0.155. The predicted octanol–water partition coefficient (Wildman–Crippen LogP) is 4.46. The van der Waals surface area contributed by atoms with Gasteiger partial charge in [-0.3, -0.25) is 4.79 Å². The molecule has 1 aliphatic rings. The van der Waals surface area contributed by atoms with Crippen LogP contribution in [0.3, 0.4) is 0 Å². The van der Waals surface area contributed by atoms with E-state index in [4.69, 9.17) is 9.47 Å². The maximum atomic E-state index is 12.8. The molecule has 0 spiro atoms. The lowest BCUT2D eigenvalue weighted by Gasteiger charge is -2.41. The van der Waals surface area contributed by atoms with Crippen molar-refractivity contribution < 1.29 is 19.1 Å². The van der Waals surface area contributed by atoms with Crippen molar-refractivity contribution in [3.63, 3.8) is 0 Å². The number of carbonyl (C=O) groups is 2. The zero-order valence-electron chi connectivity index (χ0n) is 18.1. The zero-order chi connectivity index (χ0) is 21.8. The molecular formula is C23H30N2O4S. The number of likely N-dealkylation sites (tertiary alicyclic amines) is 1. The van der Waals surface area contributed by atoms with Crippen LogP contribution in [0.1, 0.15) is 48.8 Å². The van der Waals surface area contributed by atoms with Gasteiger partial charge in [-0.05, 0) is 57.2 Å². The monoisotopic (exact) mass is 430 g/mol. The second-order valence-electron chi connectivity index (χ2n) is 8.61. The quantitative estimate of drug-likeness (QED) is 0.761. The summed E-state index contributed by atoms with van der Waals surface area (Å²) in [6.07, 6.45) is 1.25. The summed E-state index contributed by atoms with van der Waals surface area (Å²) in [5.41, 5.74) is -0.195. The fourth-order valence-corrected chi connectivity index (χ4v) is 4.70. The zero-order valence-corrected chi connectivity index (χ0v) is 18.9. The van der Waals surface area contributed by atoms with E-state index in [0.29, 0.717) is 30.9 Å². The van der Waals surface area contributed by atoms with Gasteiger partial charge in [0.1, 0.15) is 11.4 Å². The van der Waals surface area contributed by atoms with Crippen molar-refractivity contribution in [3.05, 3.63) is 52.2 Å². The molecule has 1 aromatic carbocycles. The van der Waals surface area contributed by atoms with Gasteiger partial charge in [-0.15, -0.1) is 11.3 Å². The van der Waals surface area contributed by atoms with Gasteiger partial charge in [0.25, 0.3) is 5.91 Å². The van der Waals surface area contributed by atoms with Crippen molar-refractivity contribution in [1.82, 2.24) is 10.2 Å². The second kappa shape index (κ2) is 9.08. The van der Waals surface area contributed by atoms with Crippen LogP contribution in [0.15, 0.2) is 41.8 Å². The molecule has 0 unspecified atom stereocenters. The molecule has 0 atom stereocenters. The Labute approximate surface area is 182 Å². The normalized spacial score (nSPS) is 16.1. The average Bonchev–Trinajstić information content (AvgIpc) is 3.26. The first-order valence-electron chi connectivity index (χ1n) is 10.2. The molecular weight excluding hydrogens is 400 g/mol. The van der Waals surface area contributed by atoms with E-state index in [0.717, 1.165) is 12.8 Å². The lowest BCUT2D eigenvalue weighted by molar-refractivity contribution is 0.0164. The molecule has 2 amide bonds. The number of hydrogen-bond acceptors (Lipinski definition) is 5. The summed E-state index contributed by atoms with van der Waals surface area (Å²) in [5, 5.41) is 5.16. The van der Waals surface area contributed by atoms with Crippen LogP contribution in [-0.2, 0) is 10.2 Å². The Kier molecular flexibility index (Phi) is 6.71. The SMILES string of the molecule is COc1ccccc1C(=O)NCC1(c2cccs2)CCN(C(=O)OC(C)(C)C)CC1. The van der Waals surface area contributed by atoms with Gasteiger partial charge in [0, 0.05) is 29.9 Å². The van der Waals surface area contributed by atoms with Crippen molar-refractivity contribution in [2.75, 3.05) is 26.7 Å². The molecule has 1 fully saturated rings. The van der Waals surface area contributed by atoms with Gasteiger partial charge < -0.3 is 19.7 Å². The van der Waals surface area contributed by atoms with Gasteiger partial charge in [-0.1, -0.05) is 18.2 Å². The molecule has 6 nitrogen and oxygen atoms in total. The van der Waals surface area contributed by atoms with Crippen LogP contribution in [-0.4, -0.2) is 49.2 Å². The van der Waals surface area contributed by atoms with E-state index in [1.807, 2.05) is 39.0 Å². The van der Waals surface area contributed by atoms with Gasteiger partial charge in [-0.25, -0.2) is 4.79 Å². The smallest absolute Gasteiger partial charge is 0.410 e. The van der Waals surface area contributed by atoms with Crippen LogP contribution < -0.4 is 10.1 Å². The summed E-state index contributed by atoms with van der Waals surface area (Å²) in [7, 11) is 1.56. The van der Waals surface area contributed by atoms with Crippen molar-refractivity contribution in [2.24, 2.45) is 0 Å². The lowest BCUT2D eigenvalue weighted by atomic mass is 9.77. The highest BCUT2D eigenvalue weighted by atomic mass is 32.1. The Balaban J connectivity index is 1.71. The van der Waals surface area contributed by atoms with Crippen LogP contribution >= 0.6 is 11.3 Å². The maximum Gasteiger partial charge on any atom is 0.410 e.